The maximum atomic E-state index is 11.1. The van der Waals surface area contributed by atoms with Crippen molar-refractivity contribution in [2.45, 2.75) is 48.0 Å². The van der Waals surface area contributed by atoms with E-state index in [-0.39, 0.29) is 12.4 Å². The van der Waals surface area contributed by atoms with Gasteiger partial charge in [0.05, 0.1) is 0 Å². The maximum absolute atomic E-state index is 11.1. The Balaban J connectivity index is -0.000000274. The first kappa shape index (κ1) is 22.5. The van der Waals surface area contributed by atoms with Gasteiger partial charge in [0.15, 0.2) is 5.78 Å². The predicted octanol–water partition coefficient (Wildman–Crippen LogP) is 5.14. The van der Waals surface area contributed by atoms with Crippen LogP contribution in [-0.4, -0.2) is 12.4 Å². The van der Waals surface area contributed by atoms with Crippen LogP contribution < -0.4 is 0 Å². The van der Waals surface area contributed by atoms with Crippen LogP contribution in [0.5, 0.6) is 0 Å². The molecular formula is C15H29O2P. The zero-order valence-corrected chi connectivity index (χ0v) is 13.8. The van der Waals surface area contributed by atoms with Crippen LogP contribution in [0.15, 0.2) is 30.3 Å². The number of Topliss-reactive ketones (excluding diaryl/α,β-unsaturated/α-hetero) is 1. The minimum atomic E-state index is 0.000556. The number of benzene rings is 1. The number of hydrogen-bond acceptors (Lipinski definition) is 2. The van der Waals surface area contributed by atoms with E-state index < -0.39 is 0 Å². The molecule has 0 amide bonds. The zero-order chi connectivity index (χ0) is 14.8. The van der Waals surface area contributed by atoms with Gasteiger partial charge in [-0.3, -0.25) is 4.79 Å². The molecule has 1 aromatic rings. The average Bonchev–Trinajstić information content (AvgIpc) is 2.45. The van der Waals surface area contributed by atoms with Gasteiger partial charge < -0.3 is 4.52 Å². The quantitative estimate of drug-likeness (QED) is 0.562. The van der Waals surface area contributed by atoms with Gasteiger partial charge in [-0.05, 0) is 0 Å². The van der Waals surface area contributed by atoms with E-state index in [4.69, 9.17) is 0 Å². The highest BCUT2D eigenvalue weighted by Gasteiger charge is 2.01. The van der Waals surface area contributed by atoms with Crippen molar-refractivity contribution in [2.75, 3.05) is 6.61 Å². The molecule has 0 fully saturated rings. The summed E-state index contributed by atoms with van der Waals surface area (Å²) in [5.74, 6) is 0.000556. The van der Waals surface area contributed by atoms with Crippen molar-refractivity contribution in [3.05, 3.63) is 35.9 Å². The average molecular weight is 272 g/mol. The largest absolute Gasteiger partial charge is 0.358 e. The second-order valence-electron chi connectivity index (χ2n) is 2.81. The molecular weight excluding hydrogens is 243 g/mol. The van der Waals surface area contributed by atoms with Crippen LogP contribution >= 0.6 is 9.47 Å². The molecule has 0 saturated carbocycles. The lowest BCUT2D eigenvalue weighted by Gasteiger charge is -1.96. The first-order valence-electron chi connectivity index (χ1n) is 6.66. The first-order valence-corrected chi connectivity index (χ1v) is 7.13. The van der Waals surface area contributed by atoms with E-state index in [1.165, 1.54) is 6.42 Å². The fourth-order valence-electron chi connectivity index (χ4n) is 0.783. The number of rotatable bonds is 3. The third-order valence-electron chi connectivity index (χ3n) is 1.31. The third kappa shape index (κ3) is 15.3. The van der Waals surface area contributed by atoms with Crippen molar-refractivity contribution in [3.63, 3.8) is 0 Å². The monoisotopic (exact) mass is 272 g/mol. The highest BCUT2D eigenvalue weighted by Crippen LogP contribution is 2.00. The van der Waals surface area contributed by atoms with Crippen LogP contribution in [0.2, 0.25) is 0 Å². The lowest BCUT2D eigenvalue weighted by molar-refractivity contribution is 0.0934. The molecule has 1 atom stereocenters. The summed E-state index contributed by atoms with van der Waals surface area (Å²) < 4.78 is 4.63. The Labute approximate surface area is 115 Å². The molecule has 0 aliphatic heterocycles. The molecule has 0 N–H and O–H groups in total. The van der Waals surface area contributed by atoms with Crippen LogP contribution in [0.1, 0.15) is 58.3 Å². The molecule has 106 valence electrons. The molecule has 0 aromatic heterocycles. The second-order valence-corrected chi connectivity index (χ2v) is 3.14. The first-order chi connectivity index (χ1) is 8.76. The smallest absolute Gasteiger partial charge is 0.188 e. The summed E-state index contributed by atoms with van der Waals surface area (Å²) in [6.45, 7) is 12.4. The van der Waals surface area contributed by atoms with Gasteiger partial charge in [0, 0.05) is 15.0 Å². The number of carbonyl (C=O) groups is 1. The van der Waals surface area contributed by atoms with Gasteiger partial charge in [-0.1, -0.05) is 78.3 Å². The summed E-state index contributed by atoms with van der Waals surface area (Å²) in [6.07, 6.45) is 1.25. The summed E-state index contributed by atoms with van der Waals surface area (Å²) in [5.41, 5.74) is 0.690. The molecule has 3 heteroatoms. The number of hydrogen-bond donors (Lipinski definition) is 0. The van der Waals surface area contributed by atoms with E-state index in [0.29, 0.717) is 5.56 Å². The third-order valence-corrected chi connectivity index (χ3v) is 1.48. The van der Waals surface area contributed by atoms with E-state index in [9.17, 15) is 4.79 Å². The van der Waals surface area contributed by atoms with Gasteiger partial charge in [-0.25, -0.2) is 0 Å². The summed E-state index contributed by atoms with van der Waals surface area (Å²) in [4.78, 5) is 11.1. The molecule has 0 aliphatic rings. The normalized spacial score (nSPS) is 7.50. The van der Waals surface area contributed by atoms with Gasteiger partial charge in [-0.15, -0.1) is 0 Å². The Hall–Kier alpha value is -0.720. The molecule has 1 rings (SSSR count). The lowest BCUT2D eigenvalue weighted by atomic mass is 10.1. The van der Waals surface area contributed by atoms with Crippen LogP contribution in [-0.2, 0) is 4.52 Å². The molecule has 0 saturated heterocycles. The highest BCUT2D eigenvalue weighted by atomic mass is 31.0. The Morgan fingerprint density at radius 2 is 1.44 bits per heavy atom. The van der Waals surface area contributed by atoms with E-state index in [1.807, 2.05) is 45.9 Å². The number of carbonyl (C=O) groups excluding carboxylic acids is 1. The van der Waals surface area contributed by atoms with Crippen molar-refractivity contribution in [2.24, 2.45) is 0 Å². The summed E-state index contributed by atoms with van der Waals surface area (Å²) in [7, 11) is 2.05. The fourth-order valence-corrected chi connectivity index (χ4v) is 0.934. The van der Waals surface area contributed by atoms with Crippen molar-refractivity contribution < 1.29 is 9.32 Å². The van der Waals surface area contributed by atoms with Crippen molar-refractivity contribution in [1.82, 2.24) is 0 Å². The molecule has 0 spiro atoms. The summed E-state index contributed by atoms with van der Waals surface area (Å²) in [5, 5.41) is 0. The second kappa shape index (κ2) is 21.6. The van der Waals surface area contributed by atoms with Crippen molar-refractivity contribution in [1.29, 1.82) is 0 Å². The molecule has 1 unspecified atom stereocenters. The van der Waals surface area contributed by atoms with E-state index >= 15 is 0 Å². The lowest BCUT2D eigenvalue weighted by Crippen LogP contribution is -2.04. The Morgan fingerprint density at radius 3 is 1.78 bits per heavy atom. The Morgan fingerprint density at radius 1 is 1.06 bits per heavy atom. The van der Waals surface area contributed by atoms with Gasteiger partial charge in [0.25, 0.3) is 0 Å². The molecule has 18 heavy (non-hydrogen) atoms. The minimum Gasteiger partial charge on any atom is -0.358 e. The van der Waals surface area contributed by atoms with Crippen molar-refractivity contribution >= 4 is 15.2 Å². The molecule has 0 bridgehead atoms. The van der Waals surface area contributed by atoms with Crippen molar-refractivity contribution in [3.8, 4) is 0 Å². The molecule has 0 aliphatic carbocycles. The van der Waals surface area contributed by atoms with Gasteiger partial charge >= 0.3 is 0 Å². The Bertz CT molecular complexity index is 248. The van der Waals surface area contributed by atoms with Gasteiger partial charge in [0.1, 0.15) is 6.61 Å². The van der Waals surface area contributed by atoms with E-state index in [2.05, 4.69) is 27.8 Å². The zero-order valence-electron chi connectivity index (χ0n) is 12.7. The number of ketones is 1. The van der Waals surface area contributed by atoms with Crippen LogP contribution in [0, 0.1) is 0 Å². The highest BCUT2D eigenvalue weighted by molar-refractivity contribution is 7.09. The van der Waals surface area contributed by atoms with E-state index in [0.717, 1.165) is 0 Å². The van der Waals surface area contributed by atoms with Crippen LogP contribution in [0.3, 0.4) is 0 Å². The minimum absolute atomic E-state index is 0.000556. The SMILES string of the molecule is CC.CC.CCC.O=C(COP)c1ccccc1. The summed E-state index contributed by atoms with van der Waals surface area (Å²) in [6, 6.07) is 9.07. The fraction of sp³-hybridized carbons (Fsp3) is 0.533. The molecule has 0 heterocycles. The topological polar surface area (TPSA) is 26.3 Å². The summed E-state index contributed by atoms with van der Waals surface area (Å²) >= 11 is 0. The van der Waals surface area contributed by atoms with Gasteiger partial charge in [-0.2, -0.15) is 0 Å². The molecule has 0 radical (unpaired) electrons. The molecule has 1 aromatic carbocycles. The van der Waals surface area contributed by atoms with Crippen LogP contribution in [0.25, 0.3) is 0 Å². The molecule has 2 nitrogen and oxygen atoms in total. The van der Waals surface area contributed by atoms with Crippen LogP contribution in [0.4, 0.5) is 0 Å². The maximum Gasteiger partial charge on any atom is 0.188 e. The predicted molar refractivity (Wildman–Crippen MR) is 85.1 cm³/mol. The standard InChI is InChI=1S/C8H9O2P.C3H8.2C2H6/c9-8(6-10-11)7-4-2-1-3-5-7;1-3-2;2*1-2/h1-5H,6,11H2;3H2,1-2H3;2*1-2H3. The Kier molecular flexibility index (Phi) is 26.9. The van der Waals surface area contributed by atoms with E-state index in [1.54, 1.807) is 12.1 Å². The van der Waals surface area contributed by atoms with Gasteiger partial charge in [0.2, 0.25) is 0 Å².